The van der Waals surface area contributed by atoms with Crippen LogP contribution in [0.5, 0.6) is 0 Å². The van der Waals surface area contributed by atoms with Crippen LogP contribution in [0.2, 0.25) is 0 Å². The molecule has 0 aliphatic carbocycles. The van der Waals surface area contributed by atoms with Crippen molar-refractivity contribution in [2.45, 2.75) is 0 Å². The number of rotatable bonds is 4. The van der Waals surface area contributed by atoms with E-state index in [0.717, 1.165) is 110 Å². The second-order valence-corrected chi connectivity index (χ2v) is 16.1. The molecule has 0 saturated carbocycles. The summed E-state index contributed by atoms with van der Waals surface area (Å²) in [6.45, 7) is 0. The van der Waals surface area contributed by atoms with Gasteiger partial charge in [0.15, 0.2) is 0 Å². The van der Waals surface area contributed by atoms with E-state index < -0.39 is 0 Å². The molecule has 8 aromatic carbocycles. The lowest BCUT2D eigenvalue weighted by molar-refractivity contribution is 1.23. The lowest BCUT2D eigenvalue weighted by Gasteiger charge is -2.17. The normalized spacial score (nSPS) is 11.9. The third-order valence-electron chi connectivity index (χ3n) is 12.3. The summed E-state index contributed by atoms with van der Waals surface area (Å²) in [5.41, 5.74) is 9.88. The third-order valence-corrected chi connectivity index (χ3v) is 12.3. The molecule has 0 bridgehead atoms. The number of hydrogen-bond acceptors (Lipinski definition) is 5. The molecule has 5 aromatic heterocycles. The lowest BCUT2D eigenvalue weighted by atomic mass is 9.96. The van der Waals surface area contributed by atoms with E-state index in [4.69, 9.17) is 24.9 Å². The molecule has 0 N–H and O–H groups in total. The maximum Gasteiger partial charge on any atom is 0.0989 e. The van der Waals surface area contributed by atoms with Gasteiger partial charge in [0.2, 0.25) is 0 Å². The molecule has 5 heterocycles. The van der Waals surface area contributed by atoms with E-state index in [9.17, 15) is 0 Å². The monoisotopic (exact) mass is 787 g/mol. The summed E-state index contributed by atoms with van der Waals surface area (Å²) in [5.74, 6) is 0. The number of benzene rings is 8. The van der Waals surface area contributed by atoms with Crippen molar-refractivity contribution in [3.8, 4) is 45.3 Å². The molecule has 5 heteroatoms. The van der Waals surface area contributed by atoms with Crippen LogP contribution < -0.4 is 0 Å². The number of aromatic nitrogens is 5. The first-order valence-corrected chi connectivity index (χ1v) is 20.9. The zero-order valence-corrected chi connectivity index (χ0v) is 33.3. The predicted octanol–water partition coefficient (Wildman–Crippen LogP) is 14.6. The molecular formula is C57H33N5. The summed E-state index contributed by atoms with van der Waals surface area (Å²) in [7, 11) is 0. The van der Waals surface area contributed by atoms with Crippen LogP contribution in [0, 0.1) is 0 Å². The van der Waals surface area contributed by atoms with Crippen LogP contribution >= 0.6 is 0 Å². The van der Waals surface area contributed by atoms with Crippen molar-refractivity contribution in [3.05, 3.63) is 200 Å². The van der Waals surface area contributed by atoms with E-state index in [1.807, 2.05) is 0 Å². The van der Waals surface area contributed by atoms with Gasteiger partial charge >= 0.3 is 0 Å². The van der Waals surface area contributed by atoms with Gasteiger partial charge in [-0.2, -0.15) is 0 Å². The smallest absolute Gasteiger partial charge is 0.0989 e. The van der Waals surface area contributed by atoms with Crippen LogP contribution in [0.25, 0.3) is 132 Å². The first kappa shape index (κ1) is 34.5. The highest BCUT2D eigenvalue weighted by Crippen LogP contribution is 2.40. The van der Waals surface area contributed by atoms with Crippen molar-refractivity contribution in [1.29, 1.82) is 0 Å². The maximum absolute atomic E-state index is 5.66. The van der Waals surface area contributed by atoms with Gasteiger partial charge in [0.1, 0.15) is 0 Å². The fraction of sp³-hybridized carbons (Fsp3) is 0. The minimum absolute atomic E-state index is 0.721. The molecule has 62 heavy (non-hydrogen) atoms. The van der Waals surface area contributed by atoms with Gasteiger partial charge in [-0.1, -0.05) is 121 Å². The second-order valence-electron chi connectivity index (χ2n) is 16.1. The summed E-state index contributed by atoms with van der Waals surface area (Å²) in [4.78, 5) is 27.1. The van der Waals surface area contributed by atoms with Crippen molar-refractivity contribution in [2.75, 3.05) is 0 Å². The van der Waals surface area contributed by atoms with E-state index in [1.54, 1.807) is 0 Å². The Morgan fingerprint density at radius 1 is 0.194 bits per heavy atom. The summed E-state index contributed by atoms with van der Waals surface area (Å²) >= 11 is 0. The van der Waals surface area contributed by atoms with E-state index in [0.29, 0.717) is 0 Å². The number of nitrogens with zero attached hydrogens (tertiary/aromatic N) is 5. The molecule has 0 saturated heterocycles. The van der Waals surface area contributed by atoms with Crippen molar-refractivity contribution in [3.63, 3.8) is 0 Å². The molecule has 13 aromatic rings. The van der Waals surface area contributed by atoms with Gasteiger partial charge in [-0.25, -0.2) is 24.9 Å². The van der Waals surface area contributed by atoms with Crippen LogP contribution in [-0.2, 0) is 0 Å². The van der Waals surface area contributed by atoms with Crippen molar-refractivity contribution >= 4 is 86.7 Å². The quantitative estimate of drug-likeness (QED) is 0.166. The molecule has 5 nitrogen and oxygen atoms in total. The van der Waals surface area contributed by atoms with Gasteiger partial charge in [0.05, 0.1) is 56.2 Å². The average Bonchev–Trinajstić information content (AvgIpc) is 3.32. The molecular weight excluding hydrogens is 755 g/mol. The molecule has 0 amide bonds. The Balaban J connectivity index is 1.10. The standard InChI is InChI=1S/C57H33N5/c1-5-13-38-29-52-42(25-34(38)9-1)17-21-48(58-52)46-33-47(49-22-18-43-26-35-10-2-6-14-39(35)30-53(43)59-49)57(51-24-20-45-28-37-12-4-8-16-41(37)32-55(45)61-51)62-56(46)50-23-19-44-27-36-11-3-7-15-40(36)31-54(44)60-50/h1-33H. The first-order chi connectivity index (χ1) is 30.6. The highest BCUT2D eigenvalue weighted by molar-refractivity contribution is 6.02. The van der Waals surface area contributed by atoms with E-state index in [2.05, 4.69) is 200 Å². The van der Waals surface area contributed by atoms with Gasteiger partial charge in [-0.3, -0.25) is 0 Å². The summed E-state index contributed by atoms with van der Waals surface area (Å²) in [5, 5.41) is 13.6. The lowest BCUT2D eigenvalue weighted by Crippen LogP contribution is -2.01. The predicted molar refractivity (Wildman–Crippen MR) is 257 cm³/mol. The molecule has 0 aliphatic rings. The minimum atomic E-state index is 0.721. The van der Waals surface area contributed by atoms with Crippen molar-refractivity contribution in [1.82, 2.24) is 24.9 Å². The number of fused-ring (bicyclic) bond motifs is 8. The zero-order valence-electron chi connectivity index (χ0n) is 33.3. The van der Waals surface area contributed by atoms with Crippen LogP contribution in [0.4, 0.5) is 0 Å². The largest absolute Gasteiger partial charge is 0.248 e. The van der Waals surface area contributed by atoms with E-state index >= 15 is 0 Å². The molecule has 0 fully saturated rings. The molecule has 0 atom stereocenters. The minimum Gasteiger partial charge on any atom is -0.248 e. The molecule has 13 rings (SSSR count). The maximum atomic E-state index is 5.66. The van der Waals surface area contributed by atoms with Gasteiger partial charge < -0.3 is 0 Å². The fourth-order valence-electron chi connectivity index (χ4n) is 9.11. The molecule has 0 aliphatic heterocycles. The molecule has 0 radical (unpaired) electrons. The summed E-state index contributed by atoms with van der Waals surface area (Å²) < 4.78 is 0. The Bertz CT molecular complexity index is 3490. The SMILES string of the molecule is c1ccc2cc3nc(-c4cc(-c5ccc6cc7ccccc7cc6n5)c(-c5ccc6cc7ccccc7cc6n5)nc4-c4ccc5cc6ccccc6cc5n4)ccc3cc2c1. The number of pyridine rings is 5. The highest BCUT2D eigenvalue weighted by Gasteiger charge is 2.22. The van der Waals surface area contributed by atoms with Crippen LogP contribution in [-0.4, -0.2) is 24.9 Å². The van der Waals surface area contributed by atoms with Gasteiger partial charge in [0.25, 0.3) is 0 Å². The Kier molecular flexibility index (Phi) is 7.54. The Labute approximate surface area is 355 Å². The first-order valence-electron chi connectivity index (χ1n) is 20.9. The van der Waals surface area contributed by atoms with Crippen LogP contribution in [0.15, 0.2) is 200 Å². The summed E-state index contributed by atoms with van der Waals surface area (Å²) in [6.07, 6.45) is 0. The fourth-order valence-corrected chi connectivity index (χ4v) is 9.11. The molecule has 0 unspecified atom stereocenters. The van der Waals surface area contributed by atoms with E-state index in [1.165, 1.54) is 21.5 Å². The average molecular weight is 788 g/mol. The second kappa shape index (κ2) is 13.6. The van der Waals surface area contributed by atoms with Crippen molar-refractivity contribution in [2.24, 2.45) is 0 Å². The zero-order chi connectivity index (χ0) is 40.7. The van der Waals surface area contributed by atoms with Crippen LogP contribution in [0.3, 0.4) is 0 Å². The van der Waals surface area contributed by atoms with Crippen LogP contribution in [0.1, 0.15) is 0 Å². The Morgan fingerprint density at radius 2 is 0.452 bits per heavy atom. The molecule has 286 valence electrons. The third kappa shape index (κ3) is 5.75. The Morgan fingerprint density at radius 3 is 0.758 bits per heavy atom. The van der Waals surface area contributed by atoms with E-state index in [-0.39, 0.29) is 0 Å². The Hall–Kier alpha value is -8.41. The molecule has 0 spiro atoms. The highest BCUT2D eigenvalue weighted by atomic mass is 14.9. The van der Waals surface area contributed by atoms with Crippen molar-refractivity contribution < 1.29 is 0 Å². The van der Waals surface area contributed by atoms with Gasteiger partial charge in [-0.15, -0.1) is 0 Å². The number of hydrogen-bond donors (Lipinski definition) is 0. The van der Waals surface area contributed by atoms with Gasteiger partial charge in [-0.05, 0) is 122 Å². The summed E-state index contributed by atoms with van der Waals surface area (Å²) in [6, 6.07) is 70.4. The topological polar surface area (TPSA) is 64.5 Å². The van der Waals surface area contributed by atoms with Gasteiger partial charge in [0, 0.05) is 32.7 Å².